The fourth-order valence-corrected chi connectivity index (χ4v) is 8.45. The molecule has 2 N–H and O–H groups in total. The molecule has 7 heteroatoms. The third kappa shape index (κ3) is 2.38. The van der Waals surface area contributed by atoms with Crippen molar-refractivity contribution in [1.29, 1.82) is 0 Å². The highest BCUT2D eigenvalue weighted by molar-refractivity contribution is 6.26. The maximum atomic E-state index is 13.2. The summed E-state index contributed by atoms with van der Waals surface area (Å²) in [6.45, 7) is 6.92. The molecule has 0 aromatic rings. The Morgan fingerprint density at radius 3 is 2.65 bits per heavy atom. The molecule has 0 bridgehead atoms. The normalized spacial score (nSPS) is 52.1. The number of alkyl halides is 1. The minimum atomic E-state index is -1.31. The van der Waals surface area contributed by atoms with Crippen LogP contribution < -0.4 is 0 Å². The number of ketones is 2. The van der Waals surface area contributed by atoms with Crippen molar-refractivity contribution in [2.45, 2.75) is 81.8 Å². The first-order valence-corrected chi connectivity index (χ1v) is 11.6. The van der Waals surface area contributed by atoms with Crippen LogP contribution in [0.1, 0.15) is 53.4 Å². The Kier molecular flexibility index (Phi) is 4.42. The summed E-state index contributed by atoms with van der Waals surface area (Å²) >= 11 is 7.42. The van der Waals surface area contributed by atoms with Gasteiger partial charge in [0, 0.05) is 10.8 Å². The zero-order valence-corrected chi connectivity index (χ0v) is 19.2. The SMILES string of the molecule is CC1(C)O[C@H]2C[C@@H]3[C@@H]4CCC5=CC(=O)C=C[C@]5(C)[C@]4(Cl)[C@@H](O)C[C@]3(C)C2(C(=O)CO)O1. The second-order valence-electron chi connectivity index (χ2n) is 10.9. The molecule has 1 aliphatic heterocycles. The molecule has 5 rings (SSSR count). The number of carbonyl (C=O) groups is 2. The third-order valence-electron chi connectivity index (χ3n) is 9.19. The van der Waals surface area contributed by atoms with E-state index in [1.165, 1.54) is 0 Å². The lowest BCUT2D eigenvalue weighted by molar-refractivity contribution is -0.222. The van der Waals surface area contributed by atoms with Crippen LogP contribution in [0.2, 0.25) is 0 Å². The summed E-state index contributed by atoms with van der Waals surface area (Å²) in [5.41, 5.74) is -1.75. The van der Waals surface area contributed by atoms with E-state index < -0.39 is 51.7 Å². The van der Waals surface area contributed by atoms with E-state index in [4.69, 9.17) is 21.1 Å². The fourth-order valence-electron chi connectivity index (χ4n) is 7.93. The van der Waals surface area contributed by atoms with Crippen molar-refractivity contribution in [3.63, 3.8) is 0 Å². The zero-order chi connectivity index (χ0) is 22.6. The third-order valence-corrected chi connectivity index (χ3v) is 10.1. The molecule has 1 saturated heterocycles. The molecule has 4 aliphatic carbocycles. The highest BCUT2D eigenvalue weighted by Crippen LogP contribution is 2.72. The van der Waals surface area contributed by atoms with Gasteiger partial charge in [-0.05, 0) is 63.5 Å². The Balaban J connectivity index is 1.64. The minimum Gasteiger partial charge on any atom is -0.391 e. The van der Waals surface area contributed by atoms with Gasteiger partial charge in [0.1, 0.15) is 6.61 Å². The molecule has 8 atom stereocenters. The van der Waals surface area contributed by atoms with Gasteiger partial charge >= 0.3 is 0 Å². The van der Waals surface area contributed by atoms with Crippen LogP contribution in [0, 0.1) is 22.7 Å². The van der Waals surface area contributed by atoms with Crippen molar-refractivity contribution in [2.75, 3.05) is 6.61 Å². The Labute approximate surface area is 187 Å². The number of aliphatic hydroxyl groups excluding tert-OH is 2. The lowest BCUT2D eigenvalue weighted by Gasteiger charge is -2.64. The number of halogens is 1. The molecule has 3 saturated carbocycles. The summed E-state index contributed by atoms with van der Waals surface area (Å²) in [7, 11) is 0. The van der Waals surface area contributed by atoms with Crippen molar-refractivity contribution in [1.82, 2.24) is 0 Å². The molecule has 31 heavy (non-hydrogen) atoms. The van der Waals surface area contributed by atoms with Crippen LogP contribution in [0.5, 0.6) is 0 Å². The number of hydrogen-bond donors (Lipinski definition) is 2. The molecular formula is C24H31ClO6. The van der Waals surface area contributed by atoms with Crippen LogP contribution in [0.25, 0.3) is 0 Å². The van der Waals surface area contributed by atoms with E-state index in [-0.39, 0.29) is 24.0 Å². The largest absolute Gasteiger partial charge is 0.391 e. The van der Waals surface area contributed by atoms with Gasteiger partial charge in [-0.2, -0.15) is 0 Å². The van der Waals surface area contributed by atoms with Crippen molar-refractivity contribution >= 4 is 23.2 Å². The molecule has 0 aromatic carbocycles. The standard InChI is InChI=1S/C24H31ClO6/c1-20(2)30-19-10-16-15-6-5-13-9-14(27)7-8-21(13,3)23(15,25)17(28)11-22(16,4)24(19,31-20)18(29)12-26/h7-9,15-17,19,26,28H,5-6,10-12H2,1-4H3/t15-,16+,17-,19-,21-,22-,23+,24?/m0/s1. The summed E-state index contributed by atoms with van der Waals surface area (Å²) < 4.78 is 12.5. The van der Waals surface area contributed by atoms with Gasteiger partial charge in [0.05, 0.1) is 17.1 Å². The van der Waals surface area contributed by atoms with Crippen molar-refractivity contribution < 1.29 is 29.3 Å². The first-order chi connectivity index (χ1) is 14.4. The van der Waals surface area contributed by atoms with E-state index >= 15 is 0 Å². The van der Waals surface area contributed by atoms with Gasteiger partial charge in [-0.15, -0.1) is 11.6 Å². The molecule has 6 nitrogen and oxygen atoms in total. The molecule has 0 spiro atoms. The van der Waals surface area contributed by atoms with Gasteiger partial charge in [-0.1, -0.05) is 25.5 Å². The van der Waals surface area contributed by atoms with E-state index in [9.17, 15) is 19.8 Å². The van der Waals surface area contributed by atoms with Crippen LogP contribution in [-0.2, 0) is 19.1 Å². The monoisotopic (exact) mass is 450 g/mol. The molecule has 0 amide bonds. The first kappa shape index (κ1) is 21.8. The molecule has 0 aromatic heterocycles. The first-order valence-electron chi connectivity index (χ1n) is 11.2. The van der Waals surface area contributed by atoms with Gasteiger partial charge in [-0.3, -0.25) is 9.59 Å². The average molecular weight is 451 g/mol. The van der Waals surface area contributed by atoms with Gasteiger partial charge in [0.2, 0.25) is 0 Å². The summed E-state index contributed by atoms with van der Waals surface area (Å²) in [6.07, 6.45) is 5.89. The molecule has 170 valence electrons. The Hall–Kier alpha value is -1.05. The Morgan fingerprint density at radius 2 is 1.97 bits per heavy atom. The molecule has 5 aliphatic rings. The molecule has 4 fully saturated rings. The van der Waals surface area contributed by atoms with Gasteiger partial charge in [0.15, 0.2) is 23.0 Å². The lowest BCUT2D eigenvalue weighted by atomic mass is 9.45. The number of aliphatic hydroxyl groups is 2. The van der Waals surface area contributed by atoms with Crippen LogP contribution in [-0.4, -0.2) is 56.9 Å². The fraction of sp³-hybridized carbons (Fsp3) is 0.750. The molecule has 1 unspecified atom stereocenters. The number of hydrogen-bond acceptors (Lipinski definition) is 6. The van der Waals surface area contributed by atoms with Crippen molar-refractivity contribution in [3.05, 3.63) is 23.8 Å². The van der Waals surface area contributed by atoms with E-state index in [1.807, 2.05) is 19.9 Å². The molecule has 1 heterocycles. The highest BCUT2D eigenvalue weighted by atomic mass is 35.5. The number of Topliss-reactive ketones (excluding diaryl/α,β-unsaturated/α-hetero) is 1. The zero-order valence-electron chi connectivity index (χ0n) is 18.5. The van der Waals surface area contributed by atoms with Crippen molar-refractivity contribution in [3.8, 4) is 0 Å². The number of rotatable bonds is 2. The topological polar surface area (TPSA) is 93.1 Å². The number of carbonyl (C=O) groups excluding carboxylic acids is 2. The van der Waals surface area contributed by atoms with Gasteiger partial charge < -0.3 is 19.7 Å². The highest BCUT2D eigenvalue weighted by Gasteiger charge is 2.79. The van der Waals surface area contributed by atoms with Crippen LogP contribution in [0.4, 0.5) is 0 Å². The van der Waals surface area contributed by atoms with Crippen LogP contribution >= 0.6 is 11.6 Å². The van der Waals surface area contributed by atoms with E-state index in [0.29, 0.717) is 19.3 Å². The second kappa shape index (κ2) is 6.29. The predicted molar refractivity (Wildman–Crippen MR) is 113 cm³/mol. The predicted octanol–water partition coefficient (Wildman–Crippen LogP) is 2.69. The molecule has 0 radical (unpaired) electrons. The summed E-state index contributed by atoms with van der Waals surface area (Å²) in [5.74, 6) is -1.53. The number of fused-ring (bicyclic) bond motifs is 7. The summed E-state index contributed by atoms with van der Waals surface area (Å²) in [6, 6.07) is 0. The van der Waals surface area contributed by atoms with Gasteiger partial charge in [-0.25, -0.2) is 0 Å². The van der Waals surface area contributed by atoms with Crippen LogP contribution in [0.3, 0.4) is 0 Å². The Morgan fingerprint density at radius 1 is 1.26 bits per heavy atom. The second-order valence-corrected chi connectivity index (χ2v) is 11.6. The average Bonchev–Trinajstić information content (AvgIpc) is 3.09. The van der Waals surface area contributed by atoms with E-state index in [0.717, 1.165) is 5.57 Å². The molecular weight excluding hydrogens is 420 g/mol. The quantitative estimate of drug-likeness (QED) is 0.628. The smallest absolute Gasteiger partial charge is 0.193 e. The lowest BCUT2D eigenvalue weighted by Crippen LogP contribution is -2.69. The Bertz CT molecular complexity index is 925. The number of ether oxygens (including phenoxy) is 2. The maximum absolute atomic E-state index is 13.2. The maximum Gasteiger partial charge on any atom is 0.193 e. The number of allylic oxidation sites excluding steroid dienone is 4. The van der Waals surface area contributed by atoms with E-state index in [2.05, 4.69) is 0 Å². The summed E-state index contributed by atoms with van der Waals surface area (Å²) in [4.78, 5) is 24.2. The van der Waals surface area contributed by atoms with E-state index in [1.54, 1.807) is 26.0 Å². The minimum absolute atomic E-state index is 0.0330. The van der Waals surface area contributed by atoms with Crippen LogP contribution in [0.15, 0.2) is 23.8 Å². The summed E-state index contributed by atoms with van der Waals surface area (Å²) in [5, 5.41) is 21.5. The van der Waals surface area contributed by atoms with Crippen molar-refractivity contribution in [2.24, 2.45) is 22.7 Å². The van der Waals surface area contributed by atoms with Gasteiger partial charge in [0.25, 0.3) is 0 Å².